The van der Waals surface area contributed by atoms with Crippen LogP contribution in [-0.2, 0) is 9.59 Å². The van der Waals surface area contributed by atoms with Gasteiger partial charge in [-0.15, -0.1) is 0 Å². The van der Waals surface area contributed by atoms with Crippen LogP contribution in [0.2, 0.25) is 0 Å². The van der Waals surface area contributed by atoms with E-state index >= 15 is 0 Å². The van der Waals surface area contributed by atoms with Gasteiger partial charge in [-0.1, -0.05) is 18.2 Å². The van der Waals surface area contributed by atoms with E-state index in [0.717, 1.165) is 17.0 Å². The Bertz CT molecular complexity index is 1280. The second-order valence-electron chi connectivity index (χ2n) is 6.83. The molecule has 0 radical (unpaired) electrons. The summed E-state index contributed by atoms with van der Waals surface area (Å²) in [6.45, 7) is 0. The molecule has 1 fully saturated rings. The van der Waals surface area contributed by atoms with Crippen LogP contribution in [0.5, 0.6) is 0 Å². The Morgan fingerprint density at radius 3 is 2.38 bits per heavy atom. The number of carbonyl (C=O) groups is 2. The number of anilines is 1. The van der Waals surface area contributed by atoms with Crippen molar-refractivity contribution < 1.29 is 24.0 Å². The number of nitro groups is 1. The number of nitro benzene ring substituents is 1. The summed E-state index contributed by atoms with van der Waals surface area (Å²) in [7, 11) is 0. The first kappa shape index (κ1) is 21.3. The monoisotopic (exact) mass is 497 g/mol. The molecule has 1 aromatic heterocycles. The first-order chi connectivity index (χ1) is 15.3. The van der Waals surface area contributed by atoms with Crippen molar-refractivity contribution in [2.45, 2.75) is 6.04 Å². The van der Waals surface area contributed by atoms with E-state index in [-0.39, 0.29) is 28.2 Å². The molecule has 1 aliphatic rings. The van der Waals surface area contributed by atoms with Crippen LogP contribution in [0.1, 0.15) is 17.2 Å². The maximum atomic E-state index is 14.8. The zero-order chi connectivity index (χ0) is 23.0. The van der Waals surface area contributed by atoms with Gasteiger partial charge in [-0.05, 0) is 46.3 Å². The Hall–Kier alpha value is -3.92. The molecule has 1 N–H and O–H groups in total. The lowest BCUT2D eigenvalue weighted by Crippen LogP contribution is -2.30. The molecule has 3 aromatic rings. The Kier molecular flexibility index (Phi) is 5.54. The predicted octanol–water partition coefficient (Wildman–Crippen LogP) is 4.52. The topological polar surface area (TPSA) is 114 Å². The van der Waals surface area contributed by atoms with Crippen molar-refractivity contribution in [3.8, 4) is 0 Å². The quantitative estimate of drug-likeness (QED) is 0.186. The molecular weight excluding hydrogens is 485 g/mol. The number of ketones is 1. The fraction of sp³-hybridized carbons (Fsp3) is 0.0455. The van der Waals surface area contributed by atoms with Gasteiger partial charge in [-0.3, -0.25) is 24.6 Å². The smallest absolute Gasteiger partial charge is 0.301 e. The van der Waals surface area contributed by atoms with Gasteiger partial charge in [0.2, 0.25) is 0 Å². The molecule has 1 atom stereocenters. The number of halogens is 2. The number of non-ortho nitro benzene ring substituents is 1. The van der Waals surface area contributed by atoms with E-state index in [2.05, 4.69) is 20.9 Å². The molecular formula is C22H13BrFN3O5. The summed E-state index contributed by atoms with van der Waals surface area (Å²) in [6.07, 6.45) is 1.42. The fourth-order valence-corrected chi connectivity index (χ4v) is 3.70. The van der Waals surface area contributed by atoms with Crippen LogP contribution in [0.25, 0.3) is 5.76 Å². The summed E-state index contributed by atoms with van der Waals surface area (Å²) < 4.78 is 15.4. The van der Waals surface area contributed by atoms with E-state index < -0.39 is 34.2 Å². The molecule has 0 aliphatic carbocycles. The van der Waals surface area contributed by atoms with Crippen LogP contribution in [0, 0.1) is 15.9 Å². The van der Waals surface area contributed by atoms with Gasteiger partial charge < -0.3 is 5.11 Å². The highest BCUT2D eigenvalue weighted by Crippen LogP contribution is 2.42. The minimum atomic E-state index is -1.29. The van der Waals surface area contributed by atoms with Crippen LogP contribution in [0.15, 0.2) is 76.9 Å². The standard InChI is InChI=1S/C22H13BrFN3O5/c23-13-7-10-17(25-11-13)26-19(15-3-1-2-4-16(15)24)18(21(29)22(26)30)20(28)12-5-8-14(9-6-12)27(31)32/h1-11,19,28H/b20-18-/t19-/m1/s1. The SMILES string of the molecule is O=C1C(=O)N(c2ccc(Br)cn2)[C@H](c2ccccc2F)/C1=C(/O)c1ccc([N+](=O)[O-])cc1. The van der Waals surface area contributed by atoms with Crippen molar-refractivity contribution in [2.75, 3.05) is 4.90 Å². The summed E-state index contributed by atoms with van der Waals surface area (Å²) in [5.41, 5.74) is -0.510. The van der Waals surface area contributed by atoms with Crippen molar-refractivity contribution >= 4 is 44.9 Å². The molecule has 1 saturated heterocycles. The lowest BCUT2D eigenvalue weighted by Gasteiger charge is -2.24. The fourth-order valence-electron chi connectivity index (χ4n) is 3.47. The number of hydrogen-bond donors (Lipinski definition) is 1. The highest BCUT2D eigenvalue weighted by atomic mass is 79.9. The van der Waals surface area contributed by atoms with E-state index in [0.29, 0.717) is 4.47 Å². The number of aromatic nitrogens is 1. The third-order valence-electron chi connectivity index (χ3n) is 4.95. The Morgan fingerprint density at radius 1 is 1.09 bits per heavy atom. The largest absolute Gasteiger partial charge is 0.507 e. The second kappa shape index (κ2) is 8.31. The maximum absolute atomic E-state index is 14.8. The van der Waals surface area contributed by atoms with Crippen LogP contribution in [0.3, 0.4) is 0 Å². The Morgan fingerprint density at radius 2 is 1.78 bits per heavy atom. The van der Waals surface area contributed by atoms with Gasteiger partial charge in [0.25, 0.3) is 11.5 Å². The van der Waals surface area contributed by atoms with E-state index in [1.165, 1.54) is 42.6 Å². The lowest BCUT2D eigenvalue weighted by molar-refractivity contribution is -0.384. The van der Waals surface area contributed by atoms with Crippen molar-refractivity contribution in [2.24, 2.45) is 0 Å². The number of carbonyl (C=O) groups excluding carboxylic acids is 2. The summed E-state index contributed by atoms with van der Waals surface area (Å²) in [5.74, 6) is -3.19. The maximum Gasteiger partial charge on any atom is 0.301 e. The van der Waals surface area contributed by atoms with E-state index in [9.17, 15) is 29.2 Å². The number of rotatable bonds is 4. The molecule has 1 amide bonds. The lowest BCUT2D eigenvalue weighted by atomic mass is 9.95. The van der Waals surface area contributed by atoms with Gasteiger partial charge in [0.05, 0.1) is 16.5 Å². The van der Waals surface area contributed by atoms with Crippen molar-refractivity contribution in [1.82, 2.24) is 4.98 Å². The van der Waals surface area contributed by atoms with Gasteiger partial charge >= 0.3 is 5.91 Å². The van der Waals surface area contributed by atoms with Crippen LogP contribution < -0.4 is 4.90 Å². The molecule has 32 heavy (non-hydrogen) atoms. The van der Waals surface area contributed by atoms with Crippen molar-refractivity contribution in [1.29, 1.82) is 0 Å². The average molecular weight is 498 g/mol. The van der Waals surface area contributed by atoms with Crippen molar-refractivity contribution in [3.63, 3.8) is 0 Å². The summed E-state index contributed by atoms with van der Waals surface area (Å²) in [6, 6.07) is 12.2. The number of aliphatic hydroxyl groups is 1. The molecule has 8 nitrogen and oxygen atoms in total. The first-order valence-electron chi connectivity index (χ1n) is 9.21. The molecule has 0 unspecified atom stereocenters. The predicted molar refractivity (Wildman–Crippen MR) is 116 cm³/mol. The van der Waals surface area contributed by atoms with E-state index in [4.69, 9.17) is 0 Å². The van der Waals surface area contributed by atoms with Gasteiger partial charge in [0, 0.05) is 33.9 Å². The van der Waals surface area contributed by atoms with E-state index in [1.807, 2.05) is 0 Å². The number of hydrogen-bond acceptors (Lipinski definition) is 6. The molecule has 0 bridgehead atoms. The zero-order valence-corrected chi connectivity index (χ0v) is 17.7. The number of aliphatic hydroxyl groups excluding tert-OH is 1. The van der Waals surface area contributed by atoms with Crippen LogP contribution in [-0.4, -0.2) is 26.7 Å². The molecule has 10 heteroatoms. The third-order valence-corrected chi connectivity index (χ3v) is 5.42. The van der Waals surface area contributed by atoms with Gasteiger partial charge in [-0.2, -0.15) is 0 Å². The molecule has 4 rings (SSSR count). The third kappa shape index (κ3) is 3.65. The minimum absolute atomic E-state index is 0.0140. The normalized spacial score (nSPS) is 17.6. The van der Waals surface area contributed by atoms with Crippen LogP contribution in [0.4, 0.5) is 15.9 Å². The molecule has 2 heterocycles. The summed E-state index contributed by atoms with van der Waals surface area (Å²) in [4.78, 5) is 41.4. The van der Waals surface area contributed by atoms with Gasteiger partial charge in [-0.25, -0.2) is 9.37 Å². The van der Waals surface area contributed by atoms with Crippen LogP contribution >= 0.6 is 15.9 Å². The molecule has 2 aromatic carbocycles. The summed E-state index contributed by atoms with van der Waals surface area (Å²) in [5, 5.41) is 21.8. The van der Waals surface area contributed by atoms with Crippen molar-refractivity contribution in [3.05, 3.63) is 104 Å². The molecule has 0 spiro atoms. The average Bonchev–Trinajstić information content (AvgIpc) is 3.05. The van der Waals surface area contributed by atoms with E-state index in [1.54, 1.807) is 12.1 Å². The molecule has 0 saturated carbocycles. The minimum Gasteiger partial charge on any atom is -0.507 e. The number of amides is 1. The summed E-state index contributed by atoms with van der Waals surface area (Å²) >= 11 is 3.24. The number of benzene rings is 2. The first-order valence-corrected chi connectivity index (χ1v) is 10.0. The Labute approximate surface area is 188 Å². The highest BCUT2D eigenvalue weighted by molar-refractivity contribution is 9.10. The highest BCUT2D eigenvalue weighted by Gasteiger charge is 2.48. The zero-order valence-electron chi connectivity index (χ0n) is 16.1. The Balaban J connectivity index is 1.93. The second-order valence-corrected chi connectivity index (χ2v) is 7.74. The number of pyridine rings is 1. The molecule has 160 valence electrons. The number of nitrogens with zero attached hydrogens (tertiary/aromatic N) is 3. The van der Waals surface area contributed by atoms with Gasteiger partial charge in [0.1, 0.15) is 17.4 Å². The number of Topliss-reactive ketones (excluding diaryl/α,β-unsaturated/α-hetero) is 1. The van der Waals surface area contributed by atoms with Gasteiger partial charge in [0.15, 0.2) is 0 Å². The molecule has 1 aliphatic heterocycles.